The SMILES string of the molecule is [2H]C([2H])([2H])c1c[n+](C)c(N2C=Cc3c(oc4ncccc34)B2C)cc1C. The van der Waals surface area contributed by atoms with Crippen LogP contribution in [0.1, 0.15) is 20.8 Å². The number of furan rings is 1. The van der Waals surface area contributed by atoms with E-state index in [1.165, 1.54) is 0 Å². The van der Waals surface area contributed by atoms with E-state index in [1.807, 2.05) is 49.0 Å². The monoisotopic (exact) mass is 307 g/mol. The Hall–Kier alpha value is -2.56. The Morgan fingerprint density at radius 3 is 3.09 bits per heavy atom. The molecule has 5 heteroatoms. The number of aromatic nitrogens is 2. The van der Waals surface area contributed by atoms with Gasteiger partial charge in [0.25, 0.3) is 5.82 Å². The van der Waals surface area contributed by atoms with Crippen molar-refractivity contribution in [2.24, 2.45) is 7.05 Å². The summed E-state index contributed by atoms with van der Waals surface area (Å²) in [4.78, 5) is 6.39. The number of aryl methyl sites for hydroxylation is 3. The first kappa shape index (κ1) is 11.1. The van der Waals surface area contributed by atoms with Crippen molar-refractivity contribution in [1.29, 1.82) is 0 Å². The zero-order chi connectivity index (χ0) is 18.6. The quantitative estimate of drug-likeness (QED) is 0.512. The van der Waals surface area contributed by atoms with E-state index >= 15 is 0 Å². The molecule has 0 N–H and O–H groups in total. The van der Waals surface area contributed by atoms with Crippen LogP contribution < -0.4 is 15.0 Å². The van der Waals surface area contributed by atoms with E-state index in [9.17, 15) is 0 Å². The molecule has 1 aliphatic heterocycles. The van der Waals surface area contributed by atoms with E-state index < -0.39 is 6.85 Å². The third-order valence-electron chi connectivity index (χ3n) is 4.45. The summed E-state index contributed by atoms with van der Waals surface area (Å²) in [6, 6.07) is 5.82. The first-order valence-corrected chi connectivity index (χ1v) is 7.62. The highest BCUT2D eigenvalue weighted by atomic mass is 16.3. The van der Waals surface area contributed by atoms with Crippen molar-refractivity contribution in [2.45, 2.75) is 20.6 Å². The molecule has 4 nitrogen and oxygen atoms in total. The summed E-state index contributed by atoms with van der Waals surface area (Å²) in [5.41, 5.74) is 3.66. The van der Waals surface area contributed by atoms with Crippen molar-refractivity contribution in [3.05, 3.63) is 53.5 Å². The molecule has 0 aromatic carbocycles. The van der Waals surface area contributed by atoms with E-state index in [2.05, 4.69) is 16.6 Å². The van der Waals surface area contributed by atoms with Crippen LogP contribution >= 0.6 is 0 Å². The molecule has 23 heavy (non-hydrogen) atoms. The Labute approximate surface area is 140 Å². The maximum Gasteiger partial charge on any atom is 0.447 e. The fraction of sp³-hybridized carbons (Fsp3) is 0.222. The Morgan fingerprint density at radius 1 is 1.39 bits per heavy atom. The van der Waals surface area contributed by atoms with Gasteiger partial charge in [0.1, 0.15) is 5.66 Å². The molecule has 0 fully saturated rings. The second kappa shape index (κ2) is 4.98. The molecule has 1 aliphatic rings. The van der Waals surface area contributed by atoms with Crippen molar-refractivity contribution in [3.8, 4) is 0 Å². The highest BCUT2D eigenvalue weighted by Crippen LogP contribution is 2.25. The second-order valence-corrected chi connectivity index (χ2v) is 5.97. The molecule has 3 aromatic heterocycles. The summed E-state index contributed by atoms with van der Waals surface area (Å²) in [5.74, 6) is 0.901. The Kier molecular flexibility index (Phi) is 2.39. The van der Waals surface area contributed by atoms with Gasteiger partial charge in [0.15, 0.2) is 0 Å². The van der Waals surface area contributed by atoms with Crippen LogP contribution in [0.15, 0.2) is 41.2 Å². The average Bonchev–Trinajstić information content (AvgIpc) is 2.96. The number of hydrogen-bond acceptors (Lipinski definition) is 3. The largest absolute Gasteiger partial charge is 0.447 e. The summed E-state index contributed by atoms with van der Waals surface area (Å²) in [6.07, 6.45) is 7.45. The molecule has 0 saturated carbocycles. The standard InChI is InChI=1S/C18H19BN3O/c1-12-10-16(21(4)11-13(12)2)22-9-7-14-15-6-5-8-20-18(15)23-17(14)19(22)3/h5-11H,1-4H3/q+1/i2D3. The van der Waals surface area contributed by atoms with Crippen LogP contribution in [0.3, 0.4) is 0 Å². The molecule has 0 aliphatic carbocycles. The first-order valence-electron chi connectivity index (χ1n) is 9.12. The smallest absolute Gasteiger partial charge is 0.447 e. The van der Waals surface area contributed by atoms with E-state index in [0.717, 1.165) is 28.0 Å². The predicted molar refractivity (Wildman–Crippen MR) is 93.9 cm³/mol. The lowest BCUT2D eigenvalue weighted by Crippen LogP contribution is -2.50. The van der Waals surface area contributed by atoms with Crippen LogP contribution in [0.5, 0.6) is 0 Å². The van der Waals surface area contributed by atoms with Crippen molar-refractivity contribution >= 4 is 35.5 Å². The van der Waals surface area contributed by atoms with Crippen molar-refractivity contribution in [2.75, 3.05) is 4.81 Å². The van der Waals surface area contributed by atoms with Gasteiger partial charge in [0.05, 0.1) is 19.4 Å². The van der Waals surface area contributed by atoms with Gasteiger partial charge in [-0.2, -0.15) is 0 Å². The number of pyridine rings is 2. The van der Waals surface area contributed by atoms with Gasteiger partial charge in [0, 0.05) is 27.3 Å². The minimum Gasteiger partial charge on any atom is -0.447 e. The topological polar surface area (TPSA) is 33.2 Å². The van der Waals surface area contributed by atoms with E-state index in [-0.39, 0.29) is 6.85 Å². The molecule has 0 saturated heterocycles. The molecule has 0 amide bonds. The third-order valence-corrected chi connectivity index (χ3v) is 4.45. The Bertz CT molecular complexity index is 1040. The maximum atomic E-state index is 7.69. The number of fused-ring (bicyclic) bond motifs is 3. The van der Waals surface area contributed by atoms with Gasteiger partial charge in [-0.15, -0.1) is 0 Å². The lowest BCUT2D eigenvalue weighted by Gasteiger charge is -2.22. The van der Waals surface area contributed by atoms with Gasteiger partial charge in [-0.05, 0) is 49.9 Å². The zero-order valence-electron chi connectivity index (χ0n) is 16.4. The Balaban J connectivity index is 1.80. The van der Waals surface area contributed by atoms with Gasteiger partial charge in [-0.1, -0.05) is 0 Å². The number of nitrogens with zero attached hydrogens (tertiary/aromatic N) is 3. The summed E-state index contributed by atoms with van der Waals surface area (Å²) in [6.45, 7) is 1.74. The zero-order valence-corrected chi connectivity index (χ0v) is 13.4. The summed E-state index contributed by atoms with van der Waals surface area (Å²) in [7, 11) is 1.86. The van der Waals surface area contributed by atoms with Gasteiger partial charge in [-0.25, -0.2) is 9.55 Å². The summed E-state index contributed by atoms with van der Waals surface area (Å²) >= 11 is 0. The molecule has 3 aromatic rings. The molecule has 4 heterocycles. The number of hydrogen-bond donors (Lipinski definition) is 0. The van der Waals surface area contributed by atoms with Gasteiger partial charge in [-0.3, -0.25) is 4.81 Å². The van der Waals surface area contributed by atoms with E-state index in [4.69, 9.17) is 8.53 Å². The van der Waals surface area contributed by atoms with Gasteiger partial charge < -0.3 is 4.42 Å². The normalized spacial score (nSPS) is 16.2. The van der Waals surface area contributed by atoms with Crippen LogP contribution in [0.4, 0.5) is 5.82 Å². The predicted octanol–water partition coefficient (Wildman–Crippen LogP) is 2.59. The molecule has 0 atom stereocenters. The molecule has 114 valence electrons. The highest BCUT2D eigenvalue weighted by Gasteiger charge is 2.38. The molecule has 0 radical (unpaired) electrons. The molecule has 0 bridgehead atoms. The summed E-state index contributed by atoms with van der Waals surface area (Å²) < 4.78 is 30.9. The molecular formula is C18H19BN3O+. The third kappa shape index (κ3) is 2.07. The minimum atomic E-state index is -2.12. The van der Waals surface area contributed by atoms with Crippen molar-refractivity contribution < 1.29 is 13.1 Å². The van der Waals surface area contributed by atoms with Crippen LogP contribution in [0.25, 0.3) is 17.2 Å². The van der Waals surface area contributed by atoms with Gasteiger partial charge in [0.2, 0.25) is 5.71 Å². The lowest BCUT2D eigenvalue weighted by atomic mass is 9.58. The fourth-order valence-electron chi connectivity index (χ4n) is 3.13. The first-order chi connectivity index (χ1) is 12.3. The van der Waals surface area contributed by atoms with Crippen LogP contribution in [0.2, 0.25) is 6.82 Å². The molecule has 0 unspecified atom stereocenters. The van der Waals surface area contributed by atoms with E-state index in [0.29, 0.717) is 11.3 Å². The lowest BCUT2D eigenvalue weighted by molar-refractivity contribution is -0.658. The molecule has 4 rings (SSSR count). The number of anilines is 1. The minimum absolute atomic E-state index is 0.0339. The highest BCUT2D eigenvalue weighted by molar-refractivity contribution is 6.76. The van der Waals surface area contributed by atoms with Gasteiger partial charge >= 0.3 is 6.85 Å². The molecular weight excluding hydrogens is 285 g/mol. The van der Waals surface area contributed by atoms with Crippen LogP contribution in [0, 0.1) is 13.8 Å². The van der Waals surface area contributed by atoms with Crippen molar-refractivity contribution in [1.82, 2.24) is 4.98 Å². The number of rotatable bonds is 1. The van der Waals surface area contributed by atoms with Crippen molar-refractivity contribution in [3.63, 3.8) is 0 Å². The fourth-order valence-corrected chi connectivity index (χ4v) is 3.13. The van der Waals surface area contributed by atoms with Crippen LogP contribution in [-0.4, -0.2) is 11.8 Å². The Morgan fingerprint density at radius 2 is 2.26 bits per heavy atom. The van der Waals surface area contributed by atoms with E-state index in [1.54, 1.807) is 12.4 Å². The molecule has 0 spiro atoms. The summed E-state index contributed by atoms with van der Waals surface area (Å²) in [5, 5.41) is 1.00. The second-order valence-electron chi connectivity index (χ2n) is 5.97. The average molecular weight is 307 g/mol. The van der Waals surface area contributed by atoms with Crippen LogP contribution in [-0.2, 0) is 7.05 Å². The maximum absolute atomic E-state index is 7.69.